The smallest absolute Gasteiger partial charge is 0.411 e. The molecule has 1 aromatic carbocycles. The number of aliphatic carboxylic acids is 1. The molecular formula is C15H19ClFNO4. The van der Waals surface area contributed by atoms with E-state index < -0.39 is 29.5 Å². The Morgan fingerprint density at radius 1 is 1.41 bits per heavy atom. The summed E-state index contributed by atoms with van der Waals surface area (Å²) < 4.78 is 18.4. The molecule has 0 aliphatic carbocycles. The summed E-state index contributed by atoms with van der Waals surface area (Å²) in [7, 11) is 0. The van der Waals surface area contributed by atoms with Gasteiger partial charge in [-0.1, -0.05) is 17.7 Å². The van der Waals surface area contributed by atoms with Crippen molar-refractivity contribution in [1.29, 1.82) is 0 Å². The first-order chi connectivity index (χ1) is 10.1. The quantitative estimate of drug-likeness (QED) is 0.909. The summed E-state index contributed by atoms with van der Waals surface area (Å²) in [6, 6.07) is 2.01. The van der Waals surface area contributed by atoms with E-state index in [0.29, 0.717) is 0 Å². The number of nitrogens with zero attached hydrogens (tertiary/aromatic N) is 1. The molecule has 5 nitrogen and oxygen atoms in total. The Kier molecular flexibility index (Phi) is 5.77. The van der Waals surface area contributed by atoms with Gasteiger partial charge in [-0.05, 0) is 39.8 Å². The fourth-order valence-corrected chi connectivity index (χ4v) is 2.17. The fraction of sp³-hybridized carbons (Fsp3) is 0.467. The molecule has 1 aromatic rings. The standard InChI is InChI=1S/C15H19ClFNO4/c1-5-18(14(21)22-15(2,3)4)12(13(19)20)10-7-6-9(17)8-11(10)16/h6-8,12H,5H2,1-4H3,(H,19,20). The summed E-state index contributed by atoms with van der Waals surface area (Å²) in [5.74, 6) is -1.86. The van der Waals surface area contributed by atoms with E-state index in [-0.39, 0.29) is 17.1 Å². The third-order valence-electron chi connectivity index (χ3n) is 2.77. The number of rotatable bonds is 4. The molecule has 0 aromatic heterocycles. The highest BCUT2D eigenvalue weighted by Crippen LogP contribution is 2.29. The molecule has 1 N–H and O–H groups in total. The highest BCUT2D eigenvalue weighted by atomic mass is 35.5. The Hall–Kier alpha value is -1.82. The number of carbonyl (C=O) groups excluding carboxylic acids is 1. The van der Waals surface area contributed by atoms with Crippen molar-refractivity contribution in [1.82, 2.24) is 4.90 Å². The summed E-state index contributed by atoms with van der Waals surface area (Å²) in [6.07, 6.45) is -0.775. The number of carbonyl (C=O) groups is 2. The molecule has 0 saturated carbocycles. The second kappa shape index (κ2) is 6.96. The van der Waals surface area contributed by atoms with Crippen molar-refractivity contribution in [2.75, 3.05) is 6.54 Å². The van der Waals surface area contributed by atoms with E-state index >= 15 is 0 Å². The zero-order valence-corrected chi connectivity index (χ0v) is 13.6. The number of benzene rings is 1. The van der Waals surface area contributed by atoms with Crippen molar-refractivity contribution in [3.05, 3.63) is 34.6 Å². The Morgan fingerprint density at radius 3 is 2.41 bits per heavy atom. The molecule has 0 spiro atoms. The van der Waals surface area contributed by atoms with Gasteiger partial charge in [0.05, 0.1) is 0 Å². The Labute approximate surface area is 133 Å². The minimum atomic E-state index is -1.35. The van der Waals surface area contributed by atoms with Crippen LogP contribution in [0.25, 0.3) is 0 Å². The molecule has 1 rings (SSSR count). The number of amides is 1. The van der Waals surface area contributed by atoms with E-state index in [9.17, 15) is 19.1 Å². The second-order valence-electron chi connectivity index (χ2n) is 5.67. The van der Waals surface area contributed by atoms with Crippen LogP contribution in [-0.4, -0.2) is 34.2 Å². The molecule has 0 aliphatic rings. The number of hydrogen-bond donors (Lipinski definition) is 1. The molecule has 22 heavy (non-hydrogen) atoms. The zero-order chi connectivity index (χ0) is 17.1. The molecule has 0 fully saturated rings. The van der Waals surface area contributed by atoms with Crippen molar-refractivity contribution in [2.45, 2.75) is 39.3 Å². The molecule has 122 valence electrons. The molecule has 0 bridgehead atoms. The zero-order valence-electron chi connectivity index (χ0n) is 12.9. The number of carboxylic acids is 1. The summed E-state index contributed by atoms with van der Waals surface area (Å²) >= 11 is 5.93. The number of carboxylic acid groups (broad SMARTS) is 1. The predicted molar refractivity (Wildman–Crippen MR) is 80.4 cm³/mol. The van der Waals surface area contributed by atoms with Crippen molar-refractivity contribution >= 4 is 23.7 Å². The summed E-state index contributed by atoms with van der Waals surface area (Å²) in [4.78, 5) is 24.9. The summed E-state index contributed by atoms with van der Waals surface area (Å²) in [6.45, 7) is 6.76. The average Bonchev–Trinajstić information content (AvgIpc) is 2.34. The number of hydrogen-bond acceptors (Lipinski definition) is 3. The molecule has 1 amide bonds. The van der Waals surface area contributed by atoms with E-state index in [1.165, 1.54) is 6.07 Å². The van der Waals surface area contributed by atoms with Crippen molar-refractivity contribution in [3.8, 4) is 0 Å². The van der Waals surface area contributed by atoms with Gasteiger partial charge in [-0.15, -0.1) is 0 Å². The normalized spacial score (nSPS) is 12.6. The van der Waals surface area contributed by atoms with Gasteiger partial charge in [0.15, 0.2) is 6.04 Å². The first kappa shape index (κ1) is 18.2. The van der Waals surface area contributed by atoms with E-state index in [1.54, 1.807) is 27.7 Å². The summed E-state index contributed by atoms with van der Waals surface area (Å²) in [5, 5.41) is 9.41. The third kappa shape index (κ3) is 4.59. The van der Waals surface area contributed by atoms with Gasteiger partial charge in [-0.3, -0.25) is 4.90 Å². The van der Waals surface area contributed by atoms with Crippen molar-refractivity contribution < 1.29 is 23.8 Å². The number of ether oxygens (including phenoxy) is 1. The molecular weight excluding hydrogens is 313 g/mol. The first-order valence-electron chi connectivity index (χ1n) is 6.74. The minimum Gasteiger partial charge on any atom is -0.479 e. The van der Waals surface area contributed by atoms with Gasteiger partial charge >= 0.3 is 12.1 Å². The maximum Gasteiger partial charge on any atom is 0.411 e. The maximum atomic E-state index is 13.1. The Bertz CT molecular complexity index is 571. The molecule has 1 unspecified atom stereocenters. The second-order valence-corrected chi connectivity index (χ2v) is 6.08. The minimum absolute atomic E-state index is 0.0607. The average molecular weight is 332 g/mol. The molecule has 1 atom stereocenters. The maximum absolute atomic E-state index is 13.1. The fourth-order valence-electron chi connectivity index (χ4n) is 1.90. The lowest BCUT2D eigenvalue weighted by molar-refractivity contribution is -0.143. The van der Waals surface area contributed by atoms with Gasteiger partial charge in [0, 0.05) is 17.1 Å². The first-order valence-corrected chi connectivity index (χ1v) is 7.12. The van der Waals surface area contributed by atoms with E-state index in [4.69, 9.17) is 16.3 Å². The highest BCUT2D eigenvalue weighted by molar-refractivity contribution is 6.31. The van der Waals surface area contributed by atoms with Crippen LogP contribution >= 0.6 is 11.6 Å². The van der Waals surface area contributed by atoms with Gasteiger partial charge in [0.2, 0.25) is 0 Å². The van der Waals surface area contributed by atoms with E-state index in [0.717, 1.165) is 17.0 Å². The molecule has 7 heteroatoms. The van der Waals surface area contributed by atoms with Gasteiger partial charge in [0.1, 0.15) is 11.4 Å². The number of likely N-dealkylation sites (N-methyl/N-ethyl adjacent to an activating group) is 1. The lowest BCUT2D eigenvalue weighted by Gasteiger charge is -2.31. The SMILES string of the molecule is CCN(C(=O)OC(C)(C)C)C(C(=O)O)c1ccc(F)cc1Cl. The molecule has 0 saturated heterocycles. The van der Waals surface area contributed by atoms with Crippen LogP contribution in [0.3, 0.4) is 0 Å². The van der Waals surface area contributed by atoms with Crippen LogP contribution in [0.1, 0.15) is 39.3 Å². The van der Waals surface area contributed by atoms with Crippen LogP contribution in [0.5, 0.6) is 0 Å². The molecule has 0 radical (unpaired) electrons. The van der Waals surface area contributed by atoms with Crippen LogP contribution in [0.4, 0.5) is 9.18 Å². The van der Waals surface area contributed by atoms with E-state index in [2.05, 4.69) is 0 Å². The largest absolute Gasteiger partial charge is 0.479 e. The van der Waals surface area contributed by atoms with Crippen LogP contribution in [0.2, 0.25) is 5.02 Å². The lowest BCUT2D eigenvalue weighted by Crippen LogP contribution is -2.42. The number of halogens is 2. The third-order valence-corrected chi connectivity index (χ3v) is 3.10. The van der Waals surface area contributed by atoms with Crippen LogP contribution in [-0.2, 0) is 9.53 Å². The van der Waals surface area contributed by atoms with Gasteiger partial charge in [0.25, 0.3) is 0 Å². The van der Waals surface area contributed by atoms with Crippen molar-refractivity contribution in [3.63, 3.8) is 0 Å². The Morgan fingerprint density at radius 2 is 2.00 bits per heavy atom. The van der Waals surface area contributed by atoms with E-state index in [1.807, 2.05) is 0 Å². The summed E-state index contributed by atoms with van der Waals surface area (Å²) in [5.41, 5.74) is -0.636. The van der Waals surface area contributed by atoms with Gasteiger partial charge in [-0.2, -0.15) is 0 Å². The monoisotopic (exact) mass is 331 g/mol. The Balaban J connectivity index is 3.22. The van der Waals surface area contributed by atoms with Crippen LogP contribution in [0, 0.1) is 5.82 Å². The topological polar surface area (TPSA) is 66.8 Å². The molecule has 0 heterocycles. The van der Waals surface area contributed by atoms with Gasteiger partial charge < -0.3 is 9.84 Å². The predicted octanol–water partition coefficient (Wildman–Crippen LogP) is 3.86. The van der Waals surface area contributed by atoms with Crippen LogP contribution < -0.4 is 0 Å². The van der Waals surface area contributed by atoms with Crippen molar-refractivity contribution in [2.24, 2.45) is 0 Å². The van der Waals surface area contributed by atoms with Gasteiger partial charge in [-0.25, -0.2) is 14.0 Å². The van der Waals surface area contributed by atoms with Crippen LogP contribution in [0.15, 0.2) is 18.2 Å². The highest BCUT2D eigenvalue weighted by Gasteiger charge is 2.34. The molecule has 0 aliphatic heterocycles. The lowest BCUT2D eigenvalue weighted by atomic mass is 10.1.